The topological polar surface area (TPSA) is 35.2 Å². The fourth-order valence-corrected chi connectivity index (χ4v) is 2.13. The van der Waals surface area contributed by atoms with E-state index < -0.39 is 0 Å². The zero-order valence-electron chi connectivity index (χ0n) is 12.8. The number of rotatable bonds is 5. The number of ether oxygens (including phenoxy) is 1. The van der Waals surface area contributed by atoms with Crippen molar-refractivity contribution in [1.82, 2.24) is 0 Å². The van der Waals surface area contributed by atoms with Crippen molar-refractivity contribution >= 4 is 0 Å². The second-order valence-electron chi connectivity index (χ2n) is 5.65. The van der Waals surface area contributed by atoms with Crippen LogP contribution in [-0.4, -0.2) is 6.61 Å². The molecule has 2 nitrogen and oxygen atoms in total. The first kappa shape index (κ1) is 15.5. The summed E-state index contributed by atoms with van der Waals surface area (Å²) in [6.07, 6.45) is 0. The van der Waals surface area contributed by atoms with E-state index in [9.17, 15) is 4.39 Å². The summed E-state index contributed by atoms with van der Waals surface area (Å²) in [4.78, 5) is 0. The van der Waals surface area contributed by atoms with Gasteiger partial charge in [0.2, 0.25) is 0 Å². The van der Waals surface area contributed by atoms with E-state index >= 15 is 0 Å². The van der Waals surface area contributed by atoms with E-state index in [2.05, 4.69) is 26.0 Å². The van der Waals surface area contributed by atoms with Gasteiger partial charge in [-0.15, -0.1) is 0 Å². The third-order valence-corrected chi connectivity index (χ3v) is 3.60. The highest BCUT2D eigenvalue weighted by atomic mass is 19.1. The molecule has 0 spiro atoms. The molecule has 0 aliphatic carbocycles. The zero-order valence-corrected chi connectivity index (χ0v) is 12.8. The smallest absolute Gasteiger partial charge is 0.126 e. The summed E-state index contributed by atoms with van der Waals surface area (Å²) in [7, 11) is 0. The molecule has 0 bridgehead atoms. The first-order valence-electron chi connectivity index (χ1n) is 7.21. The summed E-state index contributed by atoms with van der Waals surface area (Å²) < 4.78 is 18.8. The van der Waals surface area contributed by atoms with Crippen LogP contribution in [0.2, 0.25) is 0 Å². The third-order valence-electron chi connectivity index (χ3n) is 3.60. The summed E-state index contributed by atoms with van der Waals surface area (Å²) in [5.41, 5.74) is 9.35. The van der Waals surface area contributed by atoms with Gasteiger partial charge in [-0.1, -0.05) is 44.2 Å². The van der Waals surface area contributed by atoms with Crippen molar-refractivity contribution in [3.05, 3.63) is 65.0 Å². The maximum absolute atomic E-state index is 13.2. The van der Waals surface area contributed by atoms with Crippen LogP contribution in [0, 0.1) is 12.7 Å². The fraction of sp³-hybridized carbons (Fsp3) is 0.333. The molecule has 2 aromatic carbocycles. The van der Waals surface area contributed by atoms with E-state index in [-0.39, 0.29) is 11.9 Å². The highest BCUT2D eigenvalue weighted by molar-refractivity contribution is 5.33. The molecule has 2 aromatic rings. The van der Waals surface area contributed by atoms with Crippen molar-refractivity contribution in [2.24, 2.45) is 5.73 Å². The molecule has 2 rings (SSSR count). The molecule has 112 valence electrons. The van der Waals surface area contributed by atoms with Crippen LogP contribution in [0.5, 0.6) is 5.75 Å². The Morgan fingerprint density at radius 3 is 2.29 bits per heavy atom. The first-order valence-corrected chi connectivity index (χ1v) is 7.21. The molecule has 0 heterocycles. The van der Waals surface area contributed by atoms with E-state index in [1.54, 1.807) is 6.07 Å². The van der Waals surface area contributed by atoms with Crippen LogP contribution < -0.4 is 10.5 Å². The maximum Gasteiger partial charge on any atom is 0.126 e. The van der Waals surface area contributed by atoms with Gasteiger partial charge in [-0.3, -0.25) is 0 Å². The molecule has 0 saturated carbocycles. The van der Waals surface area contributed by atoms with Gasteiger partial charge in [0.25, 0.3) is 0 Å². The van der Waals surface area contributed by atoms with Crippen molar-refractivity contribution < 1.29 is 9.13 Å². The van der Waals surface area contributed by atoms with Crippen LogP contribution in [0.25, 0.3) is 0 Å². The predicted octanol–water partition coefficient (Wildman–Crippen LogP) is 4.34. The number of nitrogens with two attached hydrogens (primary N) is 1. The van der Waals surface area contributed by atoms with Crippen LogP contribution in [-0.2, 0) is 0 Å². The van der Waals surface area contributed by atoms with Gasteiger partial charge in [-0.25, -0.2) is 4.39 Å². The summed E-state index contributed by atoms with van der Waals surface area (Å²) in [6.45, 7) is 6.53. The number of aryl methyl sites for hydroxylation is 1. The summed E-state index contributed by atoms with van der Waals surface area (Å²) in [6, 6.07) is 12.5. The minimum atomic E-state index is -0.301. The molecule has 3 heteroatoms. The molecule has 0 aliphatic heterocycles. The van der Waals surface area contributed by atoms with Crippen LogP contribution in [0.3, 0.4) is 0 Å². The molecule has 1 unspecified atom stereocenters. The molecule has 0 amide bonds. The summed E-state index contributed by atoms with van der Waals surface area (Å²) >= 11 is 0. The van der Waals surface area contributed by atoms with Gasteiger partial charge < -0.3 is 10.5 Å². The molecule has 0 aromatic heterocycles. The average Bonchev–Trinajstić information content (AvgIpc) is 2.48. The Labute approximate surface area is 125 Å². The summed E-state index contributed by atoms with van der Waals surface area (Å²) in [5.74, 6) is 0.746. The lowest BCUT2D eigenvalue weighted by molar-refractivity contribution is 0.287. The molecule has 0 aliphatic rings. The SMILES string of the molecule is Cc1ccc(F)cc1OCC(N)c1ccc(C(C)C)cc1. The first-order chi connectivity index (χ1) is 9.97. The van der Waals surface area contributed by atoms with Crippen LogP contribution in [0.15, 0.2) is 42.5 Å². The van der Waals surface area contributed by atoms with Gasteiger partial charge in [0, 0.05) is 6.07 Å². The number of hydrogen-bond acceptors (Lipinski definition) is 2. The monoisotopic (exact) mass is 287 g/mol. The number of hydrogen-bond donors (Lipinski definition) is 1. The second-order valence-corrected chi connectivity index (χ2v) is 5.65. The molecule has 0 radical (unpaired) electrons. The van der Waals surface area contributed by atoms with Gasteiger partial charge in [0.05, 0.1) is 6.04 Å². The average molecular weight is 287 g/mol. The van der Waals surface area contributed by atoms with E-state index in [1.807, 2.05) is 19.1 Å². The highest BCUT2D eigenvalue weighted by Crippen LogP contribution is 2.21. The maximum atomic E-state index is 13.2. The Bertz CT molecular complexity index is 593. The lowest BCUT2D eigenvalue weighted by Gasteiger charge is -2.16. The second kappa shape index (κ2) is 6.72. The van der Waals surface area contributed by atoms with Crippen molar-refractivity contribution in [2.75, 3.05) is 6.61 Å². The van der Waals surface area contributed by atoms with Crippen molar-refractivity contribution in [2.45, 2.75) is 32.7 Å². The van der Waals surface area contributed by atoms with Gasteiger partial charge in [-0.2, -0.15) is 0 Å². The van der Waals surface area contributed by atoms with Crippen LogP contribution >= 0.6 is 0 Å². The van der Waals surface area contributed by atoms with E-state index in [4.69, 9.17) is 10.5 Å². The van der Waals surface area contributed by atoms with Gasteiger partial charge in [-0.05, 0) is 35.6 Å². The predicted molar refractivity (Wildman–Crippen MR) is 84.1 cm³/mol. The van der Waals surface area contributed by atoms with E-state index in [0.717, 1.165) is 11.1 Å². The van der Waals surface area contributed by atoms with Gasteiger partial charge in [0.15, 0.2) is 0 Å². The Morgan fingerprint density at radius 1 is 1.05 bits per heavy atom. The minimum absolute atomic E-state index is 0.228. The Kier molecular flexibility index (Phi) is 4.97. The van der Waals surface area contributed by atoms with E-state index in [0.29, 0.717) is 18.3 Å². The molecular formula is C18H22FNO. The van der Waals surface area contributed by atoms with Crippen LogP contribution in [0.4, 0.5) is 4.39 Å². The summed E-state index contributed by atoms with van der Waals surface area (Å²) in [5, 5.41) is 0. The Hall–Kier alpha value is -1.87. The lowest BCUT2D eigenvalue weighted by Crippen LogP contribution is -2.19. The normalized spacial score (nSPS) is 12.5. The number of benzene rings is 2. The molecule has 21 heavy (non-hydrogen) atoms. The van der Waals surface area contributed by atoms with Gasteiger partial charge >= 0.3 is 0 Å². The van der Waals surface area contributed by atoms with Crippen molar-refractivity contribution in [1.29, 1.82) is 0 Å². The Balaban J connectivity index is 2.01. The van der Waals surface area contributed by atoms with Gasteiger partial charge in [0.1, 0.15) is 18.2 Å². The molecule has 0 fully saturated rings. The Morgan fingerprint density at radius 2 is 1.67 bits per heavy atom. The van der Waals surface area contributed by atoms with Crippen LogP contribution in [0.1, 0.15) is 42.5 Å². The van der Waals surface area contributed by atoms with Crippen molar-refractivity contribution in [3.63, 3.8) is 0 Å². The molecule has 1 atom stereocenters. The standard InChI is InChI=1S/C18H22FNO/c1-12(2)14-5-7-15(8-6-14)17(20)11-21-18-10-16(19)9-4-13(18)3/h4-10,12,17H,11,20H2,1-3H3. The third kappa shape index (κ3) is 4.05. The van der Waals surface area contributed by atoms with E-state index in [1.165, 1.54) is 17.7 Å². The molecular weight excluding hydrogens is 265 g/mol. The quantitative estimate of drug-likeness (QED) is 0.888. The number of halogens is 1. The zero-order chi connectivity index (χ0) is 15.4. The lowest BCUT2D eigenvalue weighted by atomic mass is 9.99. The minimum Gasteiger partial charge on any atom is -0.491 e. The van der Waals surface area contributed by atoms with Crippen molar-refractivity contribution in [3.8, 4) is 5.75 Å². The highest BCUT2D eigenvalue weighted by Gasteiger charge is 2.09. The largest absolute Gasteiger partial charge is 0.491 e. The fourth-order valence-electron chi connectivity index (χ4n) is 2.13. The molecule has 0 saturated heterocycles. The molecule has 2 N–H and O–H groups in total.